The Labute approximate surface area is 151 Å². The summed E-state index contributed by atoms with van der Waals surface area (Å²) in [4.78, 5) is 21.5. The number of H-pyrrole nitrogens is 1. The number of hydrazine groups is 1. The lowest BCUT2D eigenvalue weighted by atomic mass is 10.0. The van der Waals surface area contributed by atoms with Crippen LogP contribution in [0.2, 0.25) is 0 Å². The SMILES string of the molecule is CN1CCC[C@@H]1Cc1c[nH]c2ccc(N(c3ccccn3)[N+](=O)[O-])cc12. The molecule has 2 aromatic heterocycles. The molecule has 0 spiro atoms. The topological polar surface area (TPSA) is 78.3 Å². The van der Waals surface area contributed by atoms with Gasteiger partial charge in [0.25, 0.3) is 0 Å². The summed E-state index contributed by atoms with van der Waals surface area (Å²) in [6.45, 7) is 1.13. The van der Waals surface area contributed by atoms with Gasteiger partial charge in [-0.05, 0) is 73.8 Å². The first-order valence-electron chi connectivity index (χ1n) is 8.79. The van der Waals surface area contributed by atoms with Crippen molar-refractivity contribution in [1.82, 2.24) is 14.9 Å². The van der Waals surface area contributed by atoms with Crippen LogP contribution in [0.1, 0.15) is 18.4 Å². The number of hydrogen-bond donors (Lipinski definition) is 1. The van der Waals surface area contributed by atoms with E-state index in [1.54, 1.807) is 30.5 Å². The van der Waals surface area contributed by atoms with Crippen molar-refractivity contribution in [3.8, 4) is 0 Å². The molecule has 1 aliphatic rings. The molecule has 7 heteroatoms. The number of fused-ring (bicyclic) bond motifs is 1. The molecule has 0 aliphatic carbocycles. The van der Waals surface area contributed by atoms with Crippen LogP contribution in [0.15, 0.2) is 48.8 Å². The van der Waals surface area contributed by atoms with E-state index in [1.807, 2.05) is 18.3 Å². The summed E-state index contributed by atoms with van der Waals surface area (Å²) in [7, 11) is 2.16. The number of nitro groups is 1. The predicted molar refractivity (Wildman–Crippen MR) is 101 cm³/mol. The molecular formula is C19H21N5O2. The summed E-state index contributed by atoms with van der Waals surface area (Å²) in [5.74, 6) is 0.296. The van der Waals surface area contributed by atoms with Crippen molar-refractivity contribution >= 4 is 22.4 Å². The average Bonchev–Trinajstić information content (AvgIpc) is 3.23. The van der Waals surface area contributed by atoms with E-state index in [-0.39, 0.29) is 0 Å². The van der Waals surface area contributed by atoms with E-state index >= 15 is 0 Å². The zero-order valence-electron chi connectivity index (χ0n) is 14.6. The Morgan fingerprint density at radius 1 is 1.38 bits per heavy atom. The third kappa shape index (κ3) is 3.01. The Morgan fingerprint density at radius 3 is 2.96 bits per heavy atom. The summed E-state index contributed by atoms with van der Waals surface area (Å²) in [5, 5.41) is 13.3. The highest BCUT2D eigenvalue weighted by Crippen LogP contribution is 2.30. The number of nitrogens with zero attached hydrogens (tertiary/aromatic N) is 4. The molecule has 4 rings (SSSR count). The smallest absolute Gasteiger partial charge is 0.199 e. The van der Waals surface area contributed by atoms with Gasteiger partial charge < -0.3 is 9.88 Å². The van der Waals surface area contributed by atoms with Crippen LogP contribution in [-0.4, -0.2) is 39.5 Å². The van der Waals surface area contributed by atoms with Gasteiger partial charge in [0, 0.05) is 29.3 Å². The fraction of sp³-hybridized carbons (Fsp3) is 0.316. The van der Waals surface area contributed by atoms with Crippen LogP contribution in [-0.2, 0) is 6.42 Å². The second-order valence-corrected chi connectivity index (χ2v) is 6.76. The van der Waals surface area contributed by atoms with Gasteiger partial charge in [0.2, 0.25) is 0 Å². The standard InChI is InChI=1S/C19H21N5O2/c1-22-10-4-5-15(22)11-14-13-21-18-8-7-16(12-17(14)18)23(24(25)26)19-6-2-3-9-20-19/h2-3,6-9,12-13,15,21H,4-5,10-11H2,1H3/t15-/m1/s1. The van der Waals surface area contributed by atoms with Crippen molar-refractivity contribution in [2.75, 3.05) is 18.6 Å². The van der Waals surface area contributed by atoms with Gasteiger partial charge in [0.15, 0.2) is 10.9 Å². The first kappa shape index (κ1) is 16.5. The molecule has 0 bridgehead atoms. The van der Waals surface area contributed by atoms with Gasteiger partial charge in [-0.3, -0.25) is 0 Å². The average molecular weight is 351 g/mol. The zero-order valence-corrected chi connectivity index (χ0v) is 14.6. The zero-order chi connectivity index (χ0) is 18.1. The fourth-order valence-electron chi connectivity index (χ4n) is 3.75. The molecule has 1 saturated heterocycles. The van der Waals surface area contributed by atoms with Gasteiger partial charge in [-0.1, -0.05) is 6.07 Å². The normalized spacial score (nSPS) is 17.7. The maximum Gasteiger partial charge on any atom is 0.199 e. The molecule has 134 valence electrons. The summed E-state index contributed by atoms with van der Waals surface area (Å²) in [6, 6.07) is 11.2. The molecule has 1 aromatic carbocycles. The Kier molecular flexibility index (Phi) is 4.30. The van der Waals surface area contributed by atoms with Gasteiger partial charge in [-0.2, -0.15) is 0 Å². The van der Waals surface area contributed by atoms with Crippen LogP contribution in [0.5, 0.6) is 0 Å². The van der Waals surface area contributed by atoms with Crippen molar-refractivity contribution < 1.29 is 5.03 Å². The van der Waals surface area contributed by atoms with Crippen molar-refractivity contribution in [2.45, 2.75) is 25.3 Å². The van der Waals surface area contributed by atoms with Crippen molar-refractivity contribution in [3.63, 3.8) is 0 Å². The summed E-state index contributed by atoms with van der Waals surface area (Å²) < 4.78 is 0. The number of pyridine rings is 1. The minimum Gasteiger partial charge on any atom is -0.361 e. The lowest BCUT2D eigenvalue weighted by molar-refractivity contribution is -0.483. The minimum absolute atomic E-state index is 0.296. The van der Waals surface area contributed by atoms with E-state index in [4.69, 9.17) is 0 Å². The Hall–Kier alpha value is -2.93. The molecule has 7 nitrogen and oxygen atoms in total. The number of hydrogen-bond acceptors (Lipinski definition) is 4. The molecule has 0 saturated carbocycles. The quantitative estimate of drug-likeness (QED) is 0.562. The number of aromatic amines is 1. The second kappa shape index (κ2) is 6.76. The van der Waals surface area contributed by atoms with E-state index in [2.05, 4.69) is 21.9 Å². The maximum atomic E-state index is 11.7. The van der Waals surface area contributed by atoms with Crippen LogP contribution in [0.3, 0.4) is 0 Å². The molecule has 0 unspecified atom stereocenters. The Bertz CT molecular complexity index is 924. The summed E-state index contributed by atoms with van der Waals surface area (Å²) in [5.41, 5.74) is 2.69. The van der Waals surface area contributed by atoms with E-state index in [9.17, 15) is 10.1 Å². The lowest BCUT2D eigenvalue weighted by Gasteiger charge is -2.19. The highest BCUT2D eigenvalue weighted by Gasteiger charge is 2.24. The molecule has 1 atom stereocenters. The number of rotatable bonds is 5. The molecule has 3 aromatic rings. The van der Waals surface area contributed by atoms with Gasteiger partial charge in [-0.25, -0.2) is 15.1 Å². The third-order valence-corrected chi connectivity index (χ3v) is 5.15. The first-order valence-corrected chi connectivity index (χ1v) is 8.79. The van der Waals surface area contributed by atoms with Crippen LogP contribution in [0.25, 0.3) is 10.9 Å². The fourth-order valence-corrected chi connectivity index (χ4v) is 3.75. The third-order valence-electron chi connectivity index (χ3n) is 5.15. The van der Waals surface area contributed by atoms with E-state index in [1.165, 1.54) is 18.4 Å². The van der Waals surface area contributed by atoms with Crippen molar-refractivity contribution in [1.29, 1.82) is 0 Å². The molecule has 3 heterocycles. The van der Waals surface area contributed by atoms with Gasteiger partial charge in [0.05, 0.1) is 0 Å². The molecule has 26 heavy (non-hydrogen) atoms. The van der Waals surface area contributed by atoms with Crippen LogP contribution in [0, 0.1) is 10.1 Å². The van der Waals surface area contributed by atoms with Gasteiger partial charge in [-0.15, -0.1) is 0 Å². The number of nitrogens with one attached hydrogen (secondary N) is 1. The van der Waals surface area contributed by atoms with Crippen LogP contribution < -0.4 is 5.01 Å². The number of benzene rings is 1. The number of anilines is 2. The number of likely N-dealkylation sites (N-methyl/N-ethyl adjacent to an activating group) is 1. The summed E-state index contributed by atoms with van der Waals surface area (Å²) in [6.07, 6.45) is 6.95. The molecule has 1 aliphatic heterocycles. The Morgan fingerprint density at radius 2 is 2.27 bits per heavy atom. The highest BCUT2D eigenvalue weighted by molar-refractivity contribution is 5.87. The molecule has 1 N–H and O–H groups in total. The predicted octanol–water partition coefficient (Wildman–Crippen LogP) is 3.53. The molecule has 1 fully saturated rings. The minimum atomic E-state index is -0.430. The largest absolute Gasteiger partial charge is 0.361 e. The second-order valence-electron chi connectivity index (χ2n) is 6.76. The van der Waals surface area contributed by atoms with Crippen LogP contribution >= 0.6 is 0 Å². The highest BCUT2D eigenvalue weighted by atomic mass is 16.7. The molecule has 0 amide bonds. The lowest BCUT2D eigenvalue weighted by Crippen LogP contribution is -2.26. The molecular weight excluding hydrogens is 330 g/mol. The number of aromatic nitrogens is 2. The van der Waals surface area contributed by atoms with Gasteiger partial charge >= 0.3 is 0 Å². The monoisotopic (exact) mass is 351 g/mol. The summed E-state index contributed by atoms with van der Waals surface area (Å²) >= 11 is 0. The van der Waals surface area contributed by atoms with E-state index in [0.29, 0.717) is 17.5 Å². The Balaban J connectivity index is 1.72. The molecule has 0 radical (unpaired) electrons. The number of likely N-dealkylation sites (tertiary alicyclic amines) is 1. The maximum absolute atomic E-state index is 11.7. The van der Waals surface area contributed by atoms with Gasteiger partial charge in [0.1, 0.15) is 5.69 Å². The van der Waals surface area contributed by atoms with E-state index < -0.39 is 5.03 Å². The first-order chi connectivity index (χ1) is 12.6. The van der Waals surface area contributed by atoms with Crippen molar-refractivity contribution in [2.24, 2.45) is 0 Å². The van der Waals surface area contributed by atoms with Crippen LogP contribution in [0.4, 0.5) is 11.5 Å². The van der Waals surface area contributed by atoms with Crippen molar-refractivity contribution in [3.05, 3.63) is 64.5 Å². The van der Waals surface area contributed by atoms with E-state index in [0.717, 1.165) is 28.9 Å².